The number of ether oxygens (including phenoxy) is 2. The highest BCUT2D eigenvalue weighted by Crippen LogP contribution is 2.11. The van der Waals surface area contributed by atoms with Crippen LogP contribution in [0.25, 0.3) is 0 Å². The van der Waals surface area contributed by atoms with Gasteiger partial charge in [-0.25, -0.2) is 0 Å². The zero-order valence-corrected chi connectivity index (χ0v) is 11.1. The lowest BCUT2D eigenvalue weighted by atomic mass is 10.1. The van der Waals surface area contributed by atoms with Crippen molar-refractivity contribution in [3.63, 3.8) is 0 Å². The molecule has 17 heavy (non-hydrogen) atoms. The van der Waals surface area contributed by atoms with Crippen molar-refractivity contribution in [2.45, 2.75) is 32.4 Å². The summed E-state index contributed by atoms with van der Waals surface area (Å²) in [7, 11) is 1.92. The standard InChI is InChI=1S/C12H24N2O3/c1-4-16-12(15)7-10(2)14-5-6-17-11(9-14)8-13-3/h10-11,13H,4-9H2,1-3H3. The SMILES string of the molecule is CCOC(=O)CC(C)N1CCOC(CNC)C1. The first-order valence-electron chi connectivity index (χ1n) is 6.33. The maximum Gasteiger partial charge on any atom is 0.307 e. The molecular weight excluding hydrogens is 220 g/mol. The Hall–Kier alpha value is -0.650. The van der Waals surface area contributed by atoms with Crippen LogP contribution in [0.2, 0.25) is 0 Å². The summed E-state index contributed by atoms with van der Waals surface area (Å²) in [4.78, 5) is 13.7. The van der Waals surface area contributed by atoms with Crippen LogP contribution in [0.3, 0.4) is 0 Å². The number of rotatable bonds is 6. The Bertz CT molecular complexity index is 234. The van der Waals surface area contributed by atoms with Gasteiger partial charge in [-0.15, -0.1) is 0 Å². The number of nitrogens with one attached hydrogen (secondary N) is 1. The van der Waals surface area contributed by atoms with E-state index in [0.717, 1.165) is 26.2 Å². The van der Waals surface area contributed by atoms with Crippen molar-refractivity contribution < 1.29 is 14.3 Å². The first-order chi connectivity index (χ1) is 8.17. The Morgan fingerprint density at radius 3 is 3.06 bits per heavy atom. The quantitative estimate of drug-likeness (QED) is 0.679. The molecule has 2 atom stereocenters. The highest BCUT2D eigenvalue weighted by molar-refractivity contribution is 5.70. The number of likely N-dealkylation sites (N-methyl/N-ethyl adjacent to an activating group) is 1. The second-order valence-corrected chi connectivity index (χ2v) is 4.40. The number of carbonyl (C=O) groups is 1. The minimum atomic E-state index is -0.114. The molecule has 1 fully saturated rings. The van der Waals surface area contributed by atoms with Crippen molar-refractivity contribution in [2.75, 3.05) is 39.9 Å². The van der Waals surface area contributed by atoms with E-state index in [-0.39, 0.29) is 18.1 Å². The molecule has 1 saturated heterocycles. The number of carbonyl (C=O) groups excluding carboxylic acids is 1. The summed E-state index contributed by atoms with van der Waals surface area (Å²) >= 11 is 0. The largest absolute Gasteiger partial charge is 0.466 e. The van der Waals surface area contributed by atoms with Crippen LogP contribution < -0.4 is 5.32 Å². The van der Waals surface area contributed by atoms with Gasteiger partial charge in [0.15, 0.2) is 0 Å². The van der Waals surface area contributed by atoms with E-state index in [1.807, 2.05) is 14.0 Å². The van der Waals surface area contributed by atoms with Crippen LogP contribution in [0.15, 0.2) is 0 Å². The second kappa shape index (κ2) is 7.63. The van der Waals surface area contributed by atoms with E-state index >= 15 is 0 Å². The van der Waals surface area contributed by atoms with Gasteiger partial charge < -0.3 is 14.8 Å². The molecule has 0 spiro atoms. The van der Waals surface area contributed by atoms with Gasteiger partial charge in [0.25, 0.3) is 0 Å². The minimum absolute atomic E-state index is 0.114. The molecule has 1 N–H and O–H groups in total. The van der Waals surface area contributed by atoms with Crippen LogP contribution >= 0.6 is 0 Å². The molecule has 0 aromatic carbocycles. The van der Waals surface area contributed by atoms with Gasteiger partial charge in [0.2, 0.25) is 0 Å². The van der Waals surface area contributed by atoms with Crippen LogP contribution in [0.1, 0.15) is 20.3 Å². The highest BCUT2D eigenvalue weighted by Gasteiger charge is 2.25. The van der Waals surface area contributed by atoms with Crippen LogP contribution in [-0.2, 0) is 14.3 Å². The minimum Gasteiger partial charge on any atom is -0.466 e. The topological polar surface area (TPSA) is 50.8 Å². The van der Waals surface area contributed by atoms with Crippen molar-refractivity contribution in [1.29, 1.82) is 0 Å². The third-order valence-electron chi connectivity index (χ3n) is 2.99. The number of hydrogen-bond acceptors (Lipinski definition) is 5. The summed E-state index contributed by atoms with van der Waals surface area (Å²) in [6.07, 6.45) is 0.679. The first-order valence-corrected chi connectivity index (χ1v) is 6.33. The summed E-state index contributed by atoms with van der Waals surface area (Å²) in [5.74, 6) is -0.114. The van der Waals surface area contributed by atoms with Gasteiger partial charge in [0.05, 0.1) is 25.7 Å². The second-order valence-electron chi connectivity index (χ2n) is 4.40. The Balaban J connectivity index is 2.35. The monoisotopic (exact) mass is 244 g/mol. The molecule has 5 nitrogen and oxygen atoms in total. The molecule has 5 heteroatoms. The number of morpholine rings is 1. The van der Waals surface area contributed by atoms with Crippen molar-refractivity contribution in [2.24, 2.45) is 0 Å². The van der Waals surface area contributed by atoms with Crippen LogP contribution in [-0.4, -0.2) is 62.9 Å². The third-order valence-corrected chi connectivity index (χ3v) is 2.99. The van der Waals surface area contributed by atoms with Gasteiger partial charge >= 0.3 is 5.97 Å². The van der Waals surface area contributed by atoms with E-state index in [0.29, 0.717) is 13.0 Å². The molecule has 100 valence electrons. The van der Waals surface area contributed by atoms with Crippen LogP contribution in [0.4, 0.5) is 0 Å². The summed E-state index contributed by atoms with van der Waals surface area (Å²) in [6, 6.07) is 0.220. The fourth-order valence-corrected chi connectivity index (χ4v) is 2.08. The van der Waals surface area contributed by atoms with Gasteiger partial charge in [-0.3, -0.25) is 9.69 Å². The average molecular weight is 244 g/mol. The fraction of sp³-hybridized carbons (Fsp3) is 0.917. The van der Waals surface area contributed by atoms with Gasteiger partial charge in [0.1, 0.15) is 0 Å². The maximum absolute atomic E-state index is 11.4. The smallest absolute Gasteiger partial charge is 0.307 e. The van der Waals surface area contributed by atoms with Crippen LogP contribution in [0, 0.1) is 0 Å². The van der Waals surface area contributed by atoms with Crippen molar-refractivity contribution in [3.05, 3.63) is 0 Å². The zero-order chi connectivity index (χ0) is 12.7. The predicted octanol–water partition coefficient (Wildman–Crippen LogP) is 0.248. The molecule has 0 aromatic rings. The molecule has 0 aliphatic carbocycles. The Morgan fingerprint density at radius 1 is 1.65 bits per heavy atom. The van der Waals surface area contributed by atoms with Gasteiger partial charge in [-0.1, -0.05) is 0 Å². The lowest BCUT2D eigenvalue weighted by Crippen LogP contribution is -2.49. The predicted molar refractivity (Wildman–Crippen MR) is 66.0 cm³/mol. The molecule has 0 radical (unpaired) electrons. The van der Waals surface area contributed by atoms with Gasteiger partial charge in [-0.2, -0.15) is 0 Å². The van der Waals surface area contributed by atoms with Gasteiger partial charge in [-0.05, 0) is 20.9 Å². The average Bonchev–Trinajstić information content (AvgIpc) is 2.30. The molecule has 0 aromatic heterocycles. The molecular formula is C12H24N2O3. The molecule has 1 aliphatic rings. The first kappa shape index (κ1) is 14.4. The van der Waals surface area contributed by atoms with E-state index in [2.05, 4.69) is 17.1 Å². The number of esters is 1. The van der Waals surface area contributed by atoms with Gasteiger partial charge in [0, 0.05) is 25.7 Å². The maximum atomic E-state index is 11.4. The summed E-state index contributed by atoms with van der Waals surface area (Å²) in [5, 5.41) is 3.11. The molecule has 0 bridgehead atoms. The zero-order valence-electron chi connectivity index (χ0n) is 11.1. The Morgan fingerprint density at radius 2 is 2.41 bits per heavy atom. The lowest BCUT2D eigenvalue weighted by Gasteiger charge is -2.36. The van der Waals surface area contributed by atoms with E-state index in [1.165, 1.54) is 0 Å². The number of nitrogens with zero attached hydrogens (tertiary/aromatic N) is 1. The number of hydrogen-bond donors (Lipinski definition) is 1. The molecule has 1 aliphatic heterocycles. The molecule has 2 unspecified atom stereocenters. The Labute approximate surface area is 103 Å². The lowest BCUT2D eigenvalue weighted by molar-refractivity contribution is -0.145. The summed E-state index contributed by atoms with van der Waals surface area (Å²) in [6.45, 7) is 7.71. The van der Waals surface area contributed by atoms with E-state index in [4.69, 9.17) is 9.47 Å². The van der Waals surface area contributed by atoms with Crippen molar-refractivity contribution in [3.8, 4) is 0 Å². The normalized spacial score (nSPS) is 23.4. The molecule has 1 heterocycles. The summed E-state index contributed by atoms with van der Waals surface area (Å²) in [5.41, 5.74) is 0. The highest BCUT2D eigenvalue weighted by atomic mass is 16.5. The Kier molecular flexibility index (Phi) is 6.47. The molecule has 0 amide bonds. The van der Waals surface area contributed by atoms with Crippen LogP contribution in [0.5, 0.6) is 0 Å². The van der Waals surface area contributed by atoms with E-state index in [1.54, 1.807) is 0 Å². The van der Waals surface area contributed by atoms with Crippen molar-refractivity contribution in [1.82, 2.24) is 10.2 Å². The third kappa shape index (κ3) is 5.02. The van der Waals surface area contributed by atoms with E-state index in [9.17, 15) is 4.79 Å². The molecule has 1 rings (SSSR count). The fourth-order valence-electron chi connectivity index (χ4n) is 2.08. The van der Waals surface area contributed by atoms with Crippen molar-refractivity contribution >= 4 is 5.97 Å². The summed E-state index contributed by atoms with van der Waals surface area (Å²) < 4.78 is 10.6. The van der Waals surface area contributed by atoms with E-state index < -0.39 is 0 Å². The molecule has 0 saturated carbocycles.